The molecule has 152 valence electrons. The van der Waals surface area contributed by atoms with E-state index in [4.69, 9.17) is 26.4 Å². The van der Waals surface area contributed by atoms with Crippen LogP contribution in [0.5, 0.6) is 11.5 Å². The Morgan fingerprint density at radius 3 is 2.54 bits per heavy atom. The standard InChI is InChI=1S/C20H25NO5S2/c1-5-24-15-8-7-14(9-16(15)25-6-2)10-17-19(23)21(20(27)28-17)11-18(22)26-12-13(3)4/h7-10,13H,5-6,11-12H2,1-4H3/b17-10-. The zero-order chi connectivity index (χ0) is 20.7. The van der Waals surface area contributed by atoms with Crippen molar-refractivity contribution in [1.82, 2.24) is 4.90 Å². The van der Waals surface area contributed by atoms with Gasteiger partial charge in [0, 0.05) is 0 Å². The average molecular weight is 424 g/mol. The minimum Gasteiger partial charge on any atom is -0.490 e. The molecule has 0 saturated carbocycles. The molecule has 1 saturated heterocycles. The van der Waals surface area contributed by atoms with Gasteiger partial charge >= 0.3 is 5.97 Å². The third-order valence-electron chi connectivity index (χ3n) is 3.60. The second-order valence-corrected chi connectivity index (χ2v) is 8.09. The van der Waals surface area contributed by atoms with Crippen LogP contribution >= 0.6 is 24.0 Å². The van der Waals surface area contributed by atoms with Crippen molar-refractivity contribution >= 4 is 46.3 Å². The zero-order valence-corrected chi connectivity index (χ0v) is 18.2. The quantitative estimate of drug-likeness (QED) is 0.339. The van der Waals surface area contributed by atoms with Gasteiger partial charge in [-0.2, -0.15) is 0 Å². The summed E-state index contributed by atoms with van der Waals surface area (Å²) in [6.07, 6.45) is 1.73. The van der Waals surface area contributed by atoms with E-state index < -0.39 is 5.97 Å². The highest BCUT2D eigenvalue weighted by Gasteiger charge is 2.33. The molecule has 1 aliphatic rings. The first-order valence-electron chi connectivity index (χ1n) is 9.16. The highest BCUT2D eigenvalue weighted by Crippen LogP contribution is 2.34. The molecule has 1 aromatic carbocycles. The van der Waals surface area contributed by atoms with E-state index in [9.17, 15) is 9.59 Å². The molecule has 0 radical (unpaired) electrons. The molecule has 0 aliphatic carbocycles. The second kappa shape index (κ2) is 10.5. The molecule has 0 aromatic heterocycles. The molecule has 0 bridgehead atoms. The van der Waals surface area contributed by atoms with Gasteiger partial charge in [-0.05, 0) is 43.5 Å². The van der Waals surface area contributed by atoms with Gasteiger partial charge in [-0.25, -0.2) is 0 Å². The van der Waals surface area contributed by atoms with Crippen molar-refractivity contribution in [2.24, 2.45) is 5.92 Å². The van der Waals surface area contributed by atoms with Crippen LogP contribution in [0.4, 0.5) is 0 Å². The number of ether oxygens (including phenoxy) is 3. The average Bonchev–Trinajstić information content (AvgIpc) is 2.90. The molecule has 1 fully saturated rings. The zero-order valence-electron chi connectivity index (χ0n) is 16.5. The summed E-state index contributed by atoms with van der Waals surface area (Å²) >= 11 is 6.43. The first kappa shape index (κ1) is 22.2. The molecule has 2 rings (SSSR count). The number of carbonyl (C=O) groups excluding carboxylic acids is 2. The number of carbonyl (C=O) groups is 2. The summed E-state index contributed by atoms with van der Waals surface area (Å²) in [5.41, 5.74) is 0.787. The topological polar surface area (TPSA) is 65.1 Å². The lowest BCUT2D eigenvalue weighted by Gasteiger charge is -2.14. The van der Waals surface area contributed by atoms with E-state index in [-0.39, 0.29) is 18.4 Å². The summed E-state index contributed by atoms with van der Waals surface area (Å²) in [5, 5.41) is 0. The monoisotopic (exact) mass is 423 g/mol. The van der Waals surface area contributed by atoms with Crippen LogP contribution in [0.25, 0.3) is 6.08 Å². The van der Waals surface area contributed by atoms with Crippen LogP contribution in [0.3, 0.4) is 0 Å². The smallest absolute Gasteiger partial charge is 0.326 e. The van der Waals surface area contributed by atoms with Crippen molar-refractivity contribution in [1.29, 1.82) is 0 Å². The Morgan fingerprint density at radius 2 is 1.89 bits per heavy atom. The van der Waals surface area contributed by atoms with Crippen LogP contribution in [-0.4, -0.2) is 47.5 Å². The summed E-state index contributed by atoms with van der Waals surface area (Å²) in [4.78, 5) is 26.3. The van der Waals surface area contributed by atoms with Crippen molar-refractivity contribution in [3.63, 3.8) is 0 Å². The van der Waals surface area contributed by atoms with Crippen molar-refractivity contribution < 1.29 is 23.8 Å². The minimum atomic E-state index is -0.467. The lowest BCUT2D eigenvalue weighted by Crippen LogP contribution is -2.34. The first-order chi connectivity index (χ1) is 13.3. The number of thiocarbonyl (C=S) groups is 1. The van der Waals surface area contributed by atoms with E-state index in [0.29, 0.717) is 40.5 Å². The molecule has 8 heteroatoms. The number of benzene rings is 1. The van der Waals surface area contributed by atoms with Gasteiger partial charge in [0.05, 0.1) is 24.7 Å². The first-order valence-corrected chi connectivity index (χ1v) is 10.4. The number of rotatable bonds is 9. The van der Waals surface area contributed by atoms with E-state index >= 15 is 0 Å². The van der Waals surface area contributed by atoms with E-state index in [1.807, 2.05) is 45.9 Å². The molecular weight excluding hydrogens is 398 g/mol. The summed E-state index contributed by atoms with van der Waals surface area (Å²) in [7, 11) is 0. The van der Waals surface area contributed by atoms with Crippen LogP contribution in [0.2, 0.25) is 0 Å². The number of amides is 1. The number of esters is 1. The maximum atomic E-state index is 12.7. The number of thioether (sulfide) groups is 1. The lowest BCUT2D eigenvalue weighted by molar-refractivity contribution is -0.147. The molecule has 0 unspecified atom stereocenters. The summed E-state index contributed by atoms with van der Waals surface area (Å²) in [6, 6.07) is 5.47. The van der Waals surface area contributed by atoms with Gasteiger partial charge in [0.15, 0.2) is 11.5 Å². The normalized spacial score (nSPS) is 15.5. The lowest BCUT2D eigenvalue weighted by atomic mass is 10.2. The van der Waals surface area contributed by atoms with Crippen LogP contribution in [0.15, 0.2) is 23.1 Å². The third kappa shape index (κ3) is 5.97. The van der Waals surface area contributed by atoms with Crippen LogP contribution in [-0.2, 0) is 14.3 Å². The van der Waals surface area contributed by atoms with Gasteiger partial charge in [-0.3, -0.25) is 14.5 Å². The second-order valence-electron chi connectivity index (χ2n) is 6.42. The van der Waals surface area contributed by atoms with Gasteiger partial charge in [0.1, 0.15) is 10.9 Å². The maximum Gasteiger partial charge on any atom is 0.326 e. The Morgan fingerprint density at radius 1 is 1.21 bits per heavy atom. The number of hydrogen-bond acceptors (Lipinski definition) is 7. The SMILES string of the molecule is CCOc1ccc(/C=C2\SC(=S)N(CC(=O)OCC(C)C)C2=O)cc1OCC. The Balaban J connectivity index is 2.14. The molecule has 0 N–H and O–H groups in total. The maximum absolute atomic E-state index is 12.7. The Bertz CT molecular complexity index is 776. The molecule has 1 heterocycles. The van der Waals surface area contributed by atoms with Crippen LogP contribution in [0, 0.1) is 5.92 Å². The number of nitrogens with zero attached hydrogens (tertiary/aromatic N) is 1. The van der Waals surface area contributed by atoms with Crippen molar-refractivity contribution in [2.45, 2.75) is 27.7 Å². The van der Waals surface area contributed by atoms with Crippen molar-refractivity contribution in [3.05, 3.63) is 28.7 Å². The fourth-order valence-electron chi connectivity index (χ4n) is 2.38. The van der Waals surface area contributed by atoms with E-state index in [2.05, 4.69) is 0 Å². The van der Waals surface area contributed by atoms with Gasteiger partial charge in [-0.1, -0.05) is 43.9 Å². The fraction of sp³-hybridized carbons (Fsp3) is 0.450. The number of hydrogen-bond donors (Lipinski definition) is 0. The Kier molecular flexibility index (Phi) is 8.32. The molecule has 1 aromatic rings. The van der Waals surface area contributed by atoms with E-state index in [1.54, 1.807) is 6.08 Å². The van der Waals surface area contributed by atoms with Gasteiger partial charge < -0.3 is 14.2 Å². The van der Waals surface area contributed by atoms with Crippen LogP contribution < -0.4 is 9.47 Å². The molecular formula is C20H25NO5S2. The predicted molar refractivity (Wildman–Crippen MR) is 114 cm³/mol. The Hall–Kier alpha value is -2.06. The summed E-state index contributed by atoms with van der Waals surface area (Å²) in [6.45, 7) is 8.87. The predicted octanol–water partition coefficient (Wildman–Crippen LogP) is 3.88. The molecule has 6 nitrogen and oxygen atoms in total. The molecule has 1 amide bonds. The van der Waals surface area contributed by atoms with Crippen LogP contribution in [0.1, 0.15) is 33.3 Å². The van der Waals surface area contributed by atoms with Crippen molar-refractivity contribution in [3.8, 4) is 11.5 Å². The highest BCUT2D eigenvalue weighted by atomic mass is 32.2. The van der Waals surface area contributed by atoms with Gasteiger partial charge in [0.2, 0.25) is 0 Å². The largest absolute Gasteiger partial charge is 0.490 e. The van der Waals surface area contributed by atoms with Crippen molar-refractivity contribution in [2.75, 3.05) is 26.4 Å². The molecule has 0 spiro atoms. The third-order valence-corrected chi connectivity index (χ3v) is 4.98. The van der Waals surface area contributed by atoms with Gasteiger partial charge in [-0.15, -0.1) is 0 Å². The summed E-state index contributed by atoms with van der Waals surface area (Å²) in [5.74, 6) is 0.733. The minimum absolute atomic E-state index is 0.178. The molecule has 0 atom stereocenters. The molecule has 1 aliphatic heterocycles. The Labute approximate surface area is 175 Å². The highest BCUT2D eigenvalue weighted by molar-refractivity contribution is 8.26. The van der Waals surface area contributed by atoms with E-state index in [0.717, 1.165) is 5.56 Å². The fourth-order valence-corrected chi connectivity index (χ4v) is 3.63. The van der Waals surface area contributed by atoms with Gasteiger partial charge in [0.25, 0.3) is 5.91 Å². The van der Waals surface area contributed by atoms with E-state index in [1.165, 1.54) is 16.7 Å². The molecule has 28 heavy (non-hydrogen) atoms. The summed E-state index contributed by atoms with van der Waals surface area (Å²) < 4.78 is 16.7.